The molecular formula is C16H14BrN3O2. The molecule has 0 spiro atoms. The molecule has 2 aromatic heterocycles. The van der Waals surface area contributed by atoms with Crippen LogP contribution in [-0.2, 0) is 11.3 Å². The van der Waals surface area contributed by atoms with Crippen LogP contribution in [0.1, 0.15) is 5.69 Å². The van der Waals surface area contributed by atoms with Crippen LogP contribution in [0.5, 0.6) is 5.75 Å². The number of benzene rings is 1. The van der Waals surface area contributed by atoms with Gasteiger partial charge >= 0.3 is 0 Å². The predicted octanol–water partition coefficient (Wildman–Crippen LogP) is 3.45. The average molecular weight is 360 g/mol. The number of aromatic hydroxyl groups is 1. The lowest BCUT2D eigenvalue weighted by Gasteiger charge is -2.09. The summed E-state index contributed by atoms with van der Waals surface area (Å²) >= 11 is 3.57. The summed E-state index contributed by atoms with van der Waals surface area (Å²) in [7, 11) is 0. The van der Waals surface area contributed by atoms with Crippen LogP contribution < -0.4 is 5.32 Å². The standard InChI is InChI=1S/C16H14BrN3O2/c1-10-15(17)11-5-2-3-6-12(11)20(10)9-14(22)19-16-13(21)7-4-8-18-16/h2-8,21H,9H2,1H3,(H,18,19,22). The Morgan fingerprint density at radius 1 is 1.32 bits per heavy atom. The number of aromatic nitrogens is 2. The zero-order valence-corrected chi connectivity index (χ0v) is 13.5. The lowest BCUT2D eigenvalue weighted by atomic mass is 10.2. The van der Waals surface area contributed by atoms with E-state index in [1.54, 1.807) is 6.07 Å². The summed E-state index contributed by atoms with van der Waals surface area (Å²) in [5.41, 5.74) is 1.95. The van der Waals surface area contributed by atoms with Gasteiger partial charge in [0, 0.05) is 27.3 Å². The van der Waals surface area contributed by atoms with E-state index in [1.165, 1.54) is 12.3 Å². The summed E-state index contributed by atoms with van der Waals surface area (Å²) in [5, 5.41) is 13.4. The van der Waals surface area contributed by atoms with E-state index >= 15 is 0 Å². The van der Waals surface area contributed by atoms with E-state index in [1.807, 2.05) is 35.8 Å². The van der Waals surface area contributed by atoms with Gasteiger partial charge in [0.1, 0.15) is 6.54 Å². The molecule has 6 heteroatoms. The fourth-order valence-corrected chi connectivity index (χ4v) is 2.95. The summed E-state index contributed by atoms with van der Waals surface area (Å²) in [6.07, 6.45) is 1.52. The van der Waals surface area contributed by atoms with Gasteiger partial charge in [-0.15, -0.1) is 0 Å². The number of hydrogen-bond donors (Lipinski definition) is 2. The molecule has 0 aliphatic heterocycles. The van der Waals surface area contributed by atoms with Gasteiger partial charge in [0.25, 0.3) is 0 Å². The van der Waals surface area contributed by atoms with E-state index in [4.69, 9.17) is 0 Å². The van der Waals surface area contributed by atoms with E-state index in [-0.39, 0.29) is 24.0 Å². The van der Waals surface area contributed by atoms with Gasteiger partial charge in [-0.05, 0) is 41.1 Å². The average Bonchev–Trinajstić information content (AvgIpc) is 2.75. The molecule has 3 rings (SSSR count). The Labute approximate surface area is 135 Å². The first kappa shape index (κ1) is 14.6. The highest BCUT2D eigenvalue weighted by molar-refractivity contribution is 9.10. The molecule has 0 bridgehead atoms. The summed E-state index contributed by atoms with van der Waals surface area (Å²) in [5.74, 6) is -0.128. The highest BCUT2D eigenvalue weighted by Gasteiger charge is 2.15. The Morgan fingerprint density at radius 3 is 2.86 bits per heavy atom. The van der Waals surface area contributed by atoms with Crippen molar-refractivity contribution in [2.75, 3.05) is 5.32 Å². The first-order valence-corrected chi connectivity index (χ1v) is 7.54. The molecule has 2 heterocycles. The minimum atomic E-state index is -0.245. The summed E-state index contributed by atoms with van der Waals surface area (Å²) < 4.78 is 2.91. The number of halogens is 1. The maximum absolute atomic E-state index is 12.2. The maximum Gasteiger partial charge on any atom is 0.245 e. The topological polar surface area (TPSA) is 67.2 Å². The molecule has 3 aromatic rings. The minimum Gasteiger partial charge on any atom is -0.504 e. The first-order chi connectivity index (χ1) is 10.6. The monoisotopic (exact) mass is 359 g/mol. The first-order valence-electron chi connectivity index (χ1n) is 6.75. The smallest absolute Gasteiger partial charge is 0.245 e. The largest absolute Gasteiger partial charge is 0.504 e. The van der Waals surface area contributed by atoms with Crippen LogP contribution in [0.15, 0.2) is 47.1 Å². The van der Waals surface area contributed by atoms with Crippen molar-refractivity contribution in [1.29, 1.82) is 0 Å². The summed E-state index contributed by atoms with van der Waals surface area (Å²) in [6.45, 7) is 2.10. The van der Waals surface area contributed by atoms with Gasteiger partial charge < -0.3 is 15.0 Å². The van der Waals surface area contributed by atoms with Gasteiger partial charge in [0.15, 0.2) is 11.6 Å². The predicted molar refractivity (Wildman–Crippen MR) is 88.9 cm³/mol. The number of pyridine rings is 1. The summed E-state index contributed by atoms with van der Waals surface area (Å²) in [6, 6.07) is 11.0. The molecule has 0 fully saturated rings. The number of nitrogens with one attached hydrogen (secondary N) is 1. The zero-order valence-electron chi connectivity index (χ0n) is 11.9. The molecule has 5 nitrogen and oxygen atoms in total. The molecule has 0 aliphatic rings. The molecule has 1 aromatic carbocycles. The quantitative estimate of drug-likeness (QED) is 0.752. The molecule has 112 valence electrons. The van der Waals surface area contributed by atoms with Crippen LogP contribution in [0.2, 0.25) is 0 Å². The third-order valence-electron chi connectivity index (χ3n) is 3.50. The molecule has 0 unspecified atom stereocenters. The highest BCUT2D eigenvalue weighted by atomic mass is 79.9. The third-order valence-corrected chi connectivity index (χ3v) is 4.50. The normalized spacial score (nSPS) is 10.8. The van der Waals surface area contributed by atoms with Crippen LogP contribution in [0.4, 0.5) is 5.82 Å². The molecule has 22 heavy (non-hydrogen) atoms. The number of fused-ring (bicyclic) bond motifs is 1. The Morgan fingerprint density at radius 2 is 2.09 bits per heavy atom. The molecule has 0 radical (unpaired) electrons. The second-order valence-corrected chi connectivity index (χ2v) is 5.71. The number of carbonyl (C=O) groups excluding carboxylic acids is 1. The molecule has 1 amide bonds. The third kappa shape index (κ3) is 2.57. The molecule has 0 aliphatic carbocycles. The van der Waals surface area contributed by atoms with Crippen LogP contribution >= 0.6 is 15.9 Å². The van der Waals surface area contributed by atoms with Crippen molar-refractivity contribution in [3.8, 4) is 5.75 Å². The van der Waals surface area contributed by atoms with Gasteiger partial charge in [-0.2, -0.15) is 0 Å². The van der Waals surface area contributed by atoms with Crippen molar-refractivity contribution >= 4 is 38.6 Å². The van der Waals surface area contributed by atoms with Crippen molar-refractivity contribution < 1.29 is 9.90 Å². The van der Waals surface area contributed by atoms with E-state index in [2.05, 4.69) is 26.2 Å². The zero-order chi connectivity index (χ0) is 15.7. The van der Waals surface area contributed by atoms with Crippen molar-refractivity contribution in [3.05, 3.63) is 52.8 Å². The maximum atomic E-state index is 12.2. The number of hydrogen-bond acceptors (Lipinski definition) is 3. The Balaban J connectivity index is 1.89. The van der Waals surface area contributed by atoms with Crippen LogP contribution in [0.25, 0.3) is 10.9 Å². The van der Waals surface area contributed by atoms with Crippen molar-refractivity contribution in [1.82, 2.24) is 9.55 Å². The Kier molecular flexibility index (Phi) is 3.85. The van der Waals surface area contributed by atoms with E-state index in [9.17, 15) is 9.90 Å². The Bertz CT molecular complexity index is 858. The number of rotatable bonds is 3. The fourth-order valence-electron chi connectivity index (χ4n) is 2.40. The Hall–Kier alpha value is -2.34. The second kappa shape index (κ2) is 5.81. The van der Waals surface area contributed by atoms with Crippen molar-refractivity contribution in [2.24, 2.45) is 0 Å². The van der Waals surface area contributed by atoms with Gasteiger partial charge in [0.05, 0.1) is 0 Å². The number of para-hydroxylation sites is 1. The molecule has 0 atom stereocenters. The van der Waals surface area contributed by atoms with Crippen molar-refractivity contribution in [2.45, 2.75) is 13.5 Å². The van der Waals surface area contributed by atoms with E-state index < -0.39 is 0 Å². The van der Waals surface area contributed by atoms with E-state index in [0.717, 1.165) is 21.1 Å². The number of anilines is 1. The fraction of sp³-hybridized carbons (Fsp3) is 0.125. The van der Waals surface area contributed by atoms with E-state index in [0.29, 0.717) is 0 Å². The molecule has 2 N–H and O–H groups in total. The van der Waals surface area contributed by atoms with Gasteiger partial charge in [-0.3, -0.25) is 4.79 Å². The molecule has 0 saturated carbocycles. The lowest BCUT2D eigenvalue weighted by Crippen LogP contribution is -2.20. The number of nitrogens with zero attached hydrogens (tertiary/aromatic N) is 2. The summed E-state index contributed by atoms with van der Waals surface area (Å²) in [4.78, 5) is 16.2. The number of amides is 1. The van der Waals surface area contributed by atoms with Crippen LogP contribution in [-0.4, -0.2) is 20.6 Å². The van der Waals surface area contributed by atoms with Crippen LogP contribution in [0.3, 0.4) is 0 Å². The molecule has 0 saturated heterocycles. The highest BCUT2D eigenvalue weighted by Crippen LogP contribution is 2.30. The minimum absolute atomic E-state index is 0.0499. The van der Waals surface area contributed by atoms with Gasteiger partial charge in [0.2, 0.25) is 5.91 Å². The second-order valence-electron chi connectivity index (χ2n) is 4.92. The van der Waals surface area contributed by atoms with Crippen molar-refractivity contribution in [3.63, 3.8) is 0 Å². The van der Waals surface area contributed by atoms with Crippen LogP contribution in [0, 0.1) is 6.92 Å². The van der Waals surface area contributed by atoms with Gasteiger partial charge in [-0.1, -0.05) is 18.2 Å². The van der Waals surface area contributed by atoms with Gasteiger partial charge in [-0.25, -0.2) is 4.98 Å². The number of carbonyl (C=O) groups is 1. The molecular weight excluding hydrogens is 346 g/mol. The SMILES string of the molecule is Cc1c(Br)c2ccccc2n1CC(=O)Nc1ncccc1O. The lowest BCUT2D eigenvalue weighted by molar-refractivity contribution is -0.116.